The van der Waals surface area contributed by atoms with Crippen LogP contribution in [0.15, 0.2) is 4.99 Å². The second kappa shape index (κ2) is 5.60. The molecule has 54 valence electrons. The van der Waals surface area contributed by atoms with Gasteiger partial charge < -0.3 is 5.32 Å². The Labute approximate surface area is 57.4 Å². The third-order valence-electron chi connectivity index (χ3n) is 1.01. The maximum absolute atomic E-state index is 4.24. The summed E-state index contributed by atoms with van der Waals surface area (Å²) >= 11 is 0. The van der Waals surface area contributed by atoms with Crippen molar-refractivity contribution in [3.8, 4) is 0 Å². The highest BCUT2D eigenvalue weighted by molar-refractivity contribution is 5.79. The lowest BCUT2D eigenvalue weighted by atomic mass is 10.5. The zero-order valence-electron chi connectivity index (χ0n) is 6.57. The largest absolute Gasteiger partial charge is 0.374 e. The molecule has 0 aliphatic heterocycles. The first-order valence-electron chi connectivity index (χ1n) is 3.56. The van der Waals surface area contributed by atoms with Crippen LogP contribution in [0.3, 0.4) is 0 Å². The van der Waals surface area contributed by atoms with E-state index >= 15 is 0 Å². The van der Waals surface area contributed by atoms with Gasteiger partial charge in [-0.25, -0.2) is 0 Å². The average Bonchev–Trinajstić information content (AvgIpc) is 1.85. The summed E-state index contributed by atoms with van der Waals surface area (Å²) in [6.07, 6.45) is 1.13. The molecule has 0 rings (SSSR count). The topological polar surface area (TPSA) is 24.4 Å². The van der Waals surface area contributed by atoms with Crippen molar-refractivity contribution in [2.75, 3.05) is 13.1 Å². The summed E-state index contributed by atoms with van der Waals surface area (Å²) in [7, 11) is 0. The van der Waals surface area contributed by atoms with E-state index in [2.05, 4.69) is 24.2 Å². The molecule has 0 bridgehead atoms. The minimum Gasteiger partial charge on any atom is -0.374 e. The van der Waals surface area contributed by atoms with Gasteiger partial charge in [-0.15, -0.1) is 0 Å². The molecule has 0 saturated heterocycles. The predicted molar refractivity (Wildman–Crippen MR) is 41.9 cm³/mol. The molecule has 0 aromatic rings. The molecule has 0 amide bonds. The second-order valence-corrected chi connectivity index (χ2v) is 2.00. The van der Waals surface area contributed by atoms with E-state index < -0.39 is 0 Å². The van der Waals surface area contributed by atoms with Gasteiger partial charge in [0, 0.05) is 13.1 Å². The van der Waals surface area contributed by atoms with Gasteiger partial charge in [0.2, 0.25) is 0 Å². The van der Waals surface area contributed by atoms with E-state index in [1.807, 2.05) is 6.92 Å². The van der Waals surface area contributed by atoms with Gasteiger partial charge >= 0.3 is 0 Å². The quantitative estimate of drug-likeness (QED) is 0.451. The maximum atomic E-state index is 4.24. The number of aliphatic imine (C=N–C) groups is 1. The lowest BCUT2D eigenvalue weighted by Gasteiger charge is -1.99. The van der Waals surface area contributed by atoms with Crippen LogP contribution in [-0.4, -0.2) is 18.9 Å². The molecule has 0 atom stereocenters. The Kier molecular flexibility index (Phi) is 5.27. The van der Waals surface area contributed by atoms with Gasteiger partial charge in [-0.2, -0.15) is 0 Å². The fraction of sp³-hybridized carbons (Fsp3) is 0.857. The Morgan fingerprint density at radius 2 is 2.11 bits per heavy atom. The Morgan fingerprint density at radius 3 is 2.56 bits per heavy atom. The van der Waals surface area contributed by atoms with E-state index in [0.717, 1.165) is 25.3 Å². The second-order valence-electron chi connectivity index (χ2n) is 2.00. The van der Waals surface area contributed by atoms with Crippen LogP contribution in [0.2, 0.25) is 0 Å². The monoisotopic (exact) mass is 128 g/mol. The van der Waals surface area contributed by atoms with E-state index in [4.69, 9.17) is 0 Å². The number of amidine groups is 1. The Balaban J connectivity index is 3.30. The highest BCUT2D eigenvalue weighted by Crippen LogP contribution is 1.78. The molecule has 0 heterocycles. The number of nitrogens with zero attached hydrogens (tertiary/aromatic N) is 1. The van der Waals surface area contributed by atoms with Crippen molar-refractivity contribution in [2.45, 2.75) is 27.2 Å². The van der Waals surface area contributed by atoms with Crippen molar-refractivity contribution in [1.82, 2.24) is 5.32 Å². The van der Waals surface area contributed by atoms with Crippen LogP contribution in [0.1, 0.15) is 27.2 Å². The van der Waals surface area contributed by atoms with Crippen molar-refractivity contribution >= 4 is 5.84 Å². The molecule has 0 saturated carbocycles. The molecule has 0 unspecified atom stereocenters. The van der Waals surface area contributed by atoms with Gasteiger partial charge in [-0.3, -0.25) is 4.99 Å². The average molecular weight is 128 g/mol. The zero-order chi connectivity index (χ0) is 7.11. The summed E-state index contributed by atoms with van der Waals surface area (Å²) < 4.78 is 0. The molecule has 0 spiro atoms. The number of rotatable bonds is 3. The molecule has 0 aliphatic rings. The van der Waals surface area contributed by atoms with Gasteiger partial charge in [0.1, 0.15) is 0 Å². The van der Waals surface area contributed by atoms with Gasteiger partial charge in [0.15, 0.2) is 0 Å². The van der Waals surface area contributed by atoms with E-state index in [0.29, 0.717) is 0 Å². The Morgan fingerprint density at radius 1 is 1.44 bits per heavy atom. The molecule has 0 fully saturated rings. The molecular formula is C7H16N2. The smallest absolute Gasteiger partial charge is 0.0931 e. The summed E-state index contributed by atoms with van der Waals surface area (Å²) in [5.74, 6) is 1.05. The molecule has 0 aromatic heterocycles. The van der Waals surface area contributed by atoms with E-state index in [-0.39, 0.29) is 0 Å². The summed E-state index contributed by atoms with van der Waals surface area (Å²) in [6, 6.07) is 0. The van der Waals surface area contributed by atoms with Crippen molar-refractivity contribution in [3.63, 3.8) is 0 Å². The SMILES string of the molecule is CCCN=C(C)NCC. The minimum absolute atomic E-state index is 0.943. The zero-order valence-corrected chi connectivity index (χ0v) is 6.57. The lowest BCUT2D eigenvalue weighted by Crippen LogP contribution is -2.19. The summed E-state index contributed by atoms with van der Waals surface area (Å²) in [5.41, 5.74) is 0. The van der Waals surface area contributed by atoms with Crippen molar-refractivity contribution < 1.29 is 0 Å². The van der Waals surface area contributed by atoms with Crippen molar-refractivity contribution in [3.05, 3.63) is 0 Å². The predicted octanol–water partition coefficient (Wildman–Crippen LogP) is 1.42. The Bertz CT molecular complexity index is 86.9. The highest BCUT2D eigenvalue weighted by atomic mass is 15.0. The molecule has 0 aliphatic carbocycles. The first-order valence-corrected chi connectivity index (χ1v) is 3.56. The first kappa shape index (κ1) is 8.47. The van der Waals surface area contributed by atoms with E-state index in [1.54, 1.807) is 0 Å². The maximum Gasteiger partial charge on any atom is 0.0931 e. The molecule has 0 radical (unpaired) electrons. The fourth-order valence-electron chi connectivity index (χ4n) is 0.591. The molecule has 9 heavy (non-hydrogen) atoms. The van der Waals surface area contributed by atoms with Crippen molar-refractivity contribution in [2.24, 2.45) is 4.99 Å². The third kappa shape index (κ3) is 5.34. The van der Waals surface area contributed by atoms with Gasteiger partial charge in [0.25, 0.3) is 0 Å². The van der Waals surface area contributed by atoms with E-state index in [1.165, 1.54) is 0 Å². The standard InChI is InChI=1S/C7H16N2/c1-4-6-9-7(3)8-5-2/h4-6H2,1-3H3,(H,8,9). The van der Waals surface area contributed by atoms with Crippen LogP contribution < -0.4 is 5.32 Å². The number of nitrogens with one attached hydrogen (secondary N) is 1. The van der Waals surface area contributed by atoms with Crippen molar-refractivity contribution in [1.29, 1.82) is 0 Å². The third-order valence-corrected chi connectivity index (χ3v) is 1.01. The number of hydrogen-bond acceptors (Lipinski definition) is 1. The lowest BCUT2D eigenvalue weighted by molar-refractivity contribution is 0.893. The van der Waals surface area contributed by atoms with Crippen LogP contribution in [0.5, 0.6) is 0 Å². The summed E-state index contributed by atoms with van der Waals surface area (Å²) in [5, 5.41) is 3.13. The summed E-state index contributed by atoms with van der Waals surface area (Å²) in [4.78, 5) is 4.24. The van der Waals surface area contributed by atoms with Gasteiger partial charge in [-0.1, -0.05) is 6.92 Å². The fourth-order valence-corrected chi connectivity index (χ4v) is 0.591. The van der Waals surface area contributed by atoms with Gasteiger partial charge in [0.05, 0.1) is 5.84 Å². The van der Waals surface area contributed by atoms with Crippen LogP contribution in [0, 0.1) is 0 Å². The normalized spacial score (nSPS) is 11.7. The van der Waals surface area contributed by atoms with E-state index in [9.17, 15) is 0 Å². The molecule has 0 aromatic carbocycles. The number of hydrogen-bond donors (Lipinski definition) is 1. The Hall–Kier alpha value is -0.530. The molecule has 1 N–H and O–H groups in total. The molecule has 2 nitrogen and oxygen atoms in total. The minimum atomic E-state index is 0.943. The highest BCUT2D eigenvalue weighted by Gasteiger charge is 1.82. The van der Waals surface area contributed by atoms with Crippen LogP contribution in [-0.2, 0) is 0 Å². The summed E-state index contributed by atoms with van der Waals surface area (Å²) in [6.45, 7) is 8.12. The van der Waals surface area contributed by atoms with Crippen LogP contribution in [0.25, 0.3) is 0 Å². The van der Waals surface area contributed by atoms with Crippen LogP contribution >= 0.6 is 0 Å². The van der Waals surface area contributed by atoms with Crippen LogP contribution in [0.4, 0.5) is 0 Å². The first-order chi connectivity index (χ1) is 4.31. The molecule has 2 heteroatoms. The molecular weight excluding hydrogens is 112 g/mol. The van der Waals surface area contributed by atoms with Gasteiger partial charge in [-0.05, 0) is 20.3 Å².